The van der Waals surface area contributed by atoms with Crippen molar-refractivity contribution in [3.8, 4) is 5.75 Å². The Bertz CT molecular complexity index is 1180. The van der Waals surface area contributed by atoms with Crippen molar-refractivity contribution in [3.05, 3.63) is 58.7 Å². The Morgan fingerprint density at radius 2 is 1.65 bits per heavy atom. The fraction of sp³-hybridized carbons (Fsp3) is 0.320. The highest BCUT2D eigenvalue weighted by molar-refractivity contribution is 6.00. The molecule has 2 aromatic carbocycles. The van der Waals surface area contributed by atoms with Gasteiger partial charge in [-0.1, -0.05) is 6.07 Å². The molecule has 0 fully saturated rings. The SMILES string of the molecule is Cc1cc(OC(C)C)cc(C)c1C(=O)NC(CNC(=O)CNC(=O)c1cccc(N=C(N)N)c1)C(=O)O. The molecular weight excluding hydrogens is 480 g/mol. The van der Waals surface area contributed by atoms with Crippen LogP contribution in [-0.2, 0) is 9.59 Å². The summed E-state index contributed by atoms with van der Waals surface area (Å²) < 4.78 is 5.66. The number of carboxylic acid groups (broad SMARTS) is 1. The predicted octanol–water partition coefficient (Wildman–Crippen LogP) is 0.725. The number of hydrogen-bond acceptors (Lipinski definition) is 6. The highest BCUT2D eigenvalue weighted by atomic mass is 16.5. The summed E-state index contributed by atoms with van der Waals surface area (Å²) in [5.41, 5.74) is 12.8. The number of nitrogens with two attached hydrogens (primary N) is 2. The van der Waals surface area contributed by atoms with Gasteiger partial charge >= 0.3 is 5.97 Å². The van der Waals surface area contributed by atoms with Crippen molar-refractivity contribution in [1.82, 2.24) is 16.0 Å². The summed E-state index contributed by atoms with van der Waals surface area (Å²) in [6, 6.07) is 8.14. The van der Waals surface area contributed by atoms with E-state index in [4.69, 9.17) is 16.2 Å². The molecule has 0 aromatic heterocycles. The molecule has 1 unspecified atom stereocenters. The number of hydrogen-bond donors (Lipinski definition) is 6. The van der Waals surface area contributed by atoms with Gasteiger partial charge < -0.3 is 37.3 Å². The molecule has 0 bridgehead atoms. The van der Waals surface area contributed by atoms with E-state index in [0.717, 1.165) is 0 Å². The zero-order valence-corrected chi connectivity index (χ0v) is 21.1. The minimum atomic E-state index is -1.39. The van der Waals surface area contributed by atoms with Crippen LogP contribution in [0.15, 0.2) is 41.4 Å². The maximum atomic E-state index is 12.8. The molecule has 2 rings (SSSR count). The number of nitrogens with zero attached hydrogens (tertiary/aromatic N) is 1. The molecule has 12 heteroatoms. The largest absolute Gasteiger partial charge is 0.491 e. The van der Waals surface area contributed by atoms with Crippen molar-refractivity contribution in [2.75, 3.05) is 13.1 Å². The van der Waals surface area contributed by atoms with Crippen LogP contribution in [0.25, 0.3) is 0 Å². The number of ether oxygens (including phenoxy) is 1. The summed E-state index contributed by atoms with van der Waals surface area (Å²) in [7, 11) is 0. The van der Waals surface area contributed by atoms with E-state index in [1.54, 1.807) is 38.1 Å². The van der Waals surface area contributed by atoms with E-state index in [1.165, 1.54) is 12.1 Å². The molecule has 2 aromatic rings. The van der Waals surface area contributed by atoms with Crippen LogP contribution in [0.5, 0.6) is 5.75 Å². The van der Waals surface area contributed by atoms with E-state index in [0.29, 0.717) is 28.1 Å². The minimum absolute atomic E-state index is 0.0434. The van der Waals surface area contributed by atoms with Crippen LogP contribution in [-0.4, -0.2) is 60.0 Å². The Hall–Kier alpha value is -4.61. The number of carboxylic acids is 1. The lowest BCUT2D eigenvalue weighted by Gasteiger charge is -2.18. The average Bonchev–Trinajstić information content (AvgIpc) is 2.78. The minimum Gasteiger partial charge on any atom is -0.491 e. The van der Waals surface area contributed by atoms with Crippen LogP contribution < -0.4 is 32.2 Å². The number of rotatable bonds is 11. The topological polar surface area (TPSA) is 198 Å². The lowest BCUT2D eigenvalue weighted by atomic mass is 10.0. The van der Waals surface area contributed by atoms with Crippen LogP contribution in [0.1, 0.15) is 45.7 Å². The van der Waals surface area contributed by atoms with Gasteiger partial charge in [0.2, 0.25) is 5.91 Å². The van der Waals surface area contributed by atoms with Crippen LogP contribution in [0, 0.1) is 13.8 Å². The molecule has 0 heterocycles. The van der Waals surface area contributed by atoms with Crippen molar-refractivity contribution in [1.29, 1.82) is 0 Å². The van der Waals surface area contributed by atoms with Crippen molar-refractivity contribution in [2.45, 2.75) is 39.8 Å². The third kappa shape index (κ3) is 8.84. The Morgan fingerprint density at radius 3 is 2.22 bits per heavy atom. The summed E-state index contributed by atoms with van der Waals surface area (Å²) in [5.74, 6) is -2.68. The zero-order chi connectivity index (χ0) is 27.7. The maximum absolute atomic E-state index is 12.8. The van der Waals surface area contributed by atoms with Crippen molar-refractivity contribution in [3.63, 3.8) is 0 Å². The second-order valence-corrected chi connectivity index (χ2v) is 8.54. The van der Waals surface area contributed by atoms with Gasteiger partial charge in [-0.15, -0.1) is 0 Å². The van der Waals surface area contributed by atoms with E-state index < -0.39 is 36.3 Å². The van der Waals surface area contributed by atoms with Gasteiger partial charge in [0.25, 0.3) is 11.8 Å². The molecule has 8 N–H and O–H groups in total. The summed E-state index contributed by atoms with van der Waals surface area (Å²) in [4.78, 5) is 52.9. The van der Waals surface area contributed by atoms with Crippen LogP contribution >= 0.6 is 0 Å². The summed E-state index contributed by atoms with van der Waals surface area (Å²) >= 11 is 0. The molecule has 0 aliphatic carbocycles. The van der Waals surface area contributed by atoms with E-state index >= 15 is 0 Å². The summed E-state index contributed by atoms with van der Waals surface area (Å²) in [5, 5.41) is 16.8. The number of carbonyl (C=O) groups excluding carboxylic acids is 3. The number of amides is 3. The van der Waals surface area contributed by atoms with Crippen molar-refractivity contribution < 1.29 is 29.0 Å². The van der Waals surface area contributed by atoms with Gasteiger partial charge in [-0.25, -0.2) is 9.79 Å². The first kappa shape index (κ1) is 28.6. The molecule has 0 radical (unpaired) electrons. The average molecular weight is 513 g/mol. The fourth-order valence-corrected chi connectivity index (χ4v) is 3.46. The van der Waals surface area contributed by atoms with E-state index in [1.807, 2.05) is 13.8 Å². The number of benzene rings is 2. The molecule has 0 spiro atoms. The zero-order valence-electron chi connectivity index (χ0n) is 21.1. The van der Waals surface area contributed by atoms with Crippen LogP contribution in [0.3, 0.4) is 0 Å². The smallest absolute Gasteiger partial charge is 0.328 e. The normalized spacial score (nSPS) is 11.3. The van der Waals surface area contributed by atoms with E-state index in [2.05, 4.69) is 20.9 Å². The Balaban J connectivity index is 1.96. The van der Waals surface area contributed by atoms with Gasteiger partial charge in [-0.2, -0.15) is 0 Å². The lowest BCUT2D eigenvalue weighted by Crippen LogP contribution is -2.50. The number of guanidine groups is 1. The molecule has 0 saturated heterocycles. The molecule has 0 saturated carbocycles. The Morgan fingerprint density at radius 1 is 1.00 bits per heavy atom. The molecule has 12 nitrogen and oxygen atoms in total. The monoisotopic (exact) mass is 512 g/mol. The van der Waals surface area contributed by atoms with Crippen LogP contribution in [0.4, 0.5) is 5.69 Å². The van der Waals surface area contributed by atoms with Gasteiger partial charge in [0.1, 0.15) is 11.8 Å². The first-order valence-corrected chi connectivity index (χ1v) is 11.4. The molecule has 198 valence electrons. The van der Waals surface area contributed by atoms with Crippen LogP contribution in [0.2, 0.25) is 0 Å². The fourth-order valence-electron chi connectivity index (χ4n) is 3.46. The third-order valence-electron chi connectivity index (χ3n) is 4.99. The molecular formula is C25H32N6O6. The second-order valence-electron chi connectivity index (χ2n) is 8.54. The second kappa shape index (κ2) is 12.9. The van der Waals surface area contributed by atoms with Gasteiger partial charge in [-0.3, -0.25) is 14.4 Å². The first-order chi connectivity index (χ1) is 17.4. The highest BCUT2D eigenvalue weighted by Crippen LogP contribution is 2.23. The maximum Gasteiger partial charge on any atom is 0.328 e. The van der Waals surface area contributed by atoms with Gasteiger partial charge in [0.05, 0.1) is 18.3 Å². The first-order valence-electron chi connectivity index (χ1n) is 11.4. The molecule has 0 aliphatic rings. The number of nitrogens with one attached hydrogen (secondary N) is 3. The molecule has 3 amide bonds. The number of aliphatic imine (C=N–C) groups is 1. The quantitative estimate of drug-likeness (QED) is 0.187. The summed E-state index contributed by atoms with van der Waals surface area (Å²) in [6.07, 6.45) is -0.0434. The lowest BCUT2D eigenvalue weighted by molar-refractivity contribution is -0.139. The van der Waals surface area contributed by atoms with E-state index in [-0.39, 0.29) is 24.2 Å². The molecule has 0 aliphatic heterocycles. The Kier molecular flexibility index (Phi) is 9.99. The Labute approximate surface area is 214 Å². The van der Waals surface area contributed by atoms with Gasteiger partial charge in [0.15, 0.2) is 5.96 Å². The number of carbonyl (C=O) groups is 4. The van der Waals surface area contributed by atoms with E-state index in [9.17, 15) is 24.3 Å². The number of aliphatic carboxylic acids is 1. The predicted molar refractivity (Wildman–Crippen MR) is 138 cm³/mol. The highest BCUT2D eigenvalue weighted by Gasteiger charge is 2.24. The third-order valence-corrected chi connectivity index (χ3v) is 4.99. The standard InChI is InChI=1S/C25H32N6O6/c1-13(2)37-18-8-14(3)21(15(4)9-18)23(34)31-19(24(35)36)11-28-20(32)12-29-22(33)16-6-5-7-17(10-16)30-25(26)27/h5-10,13,19H,11-12H2,1-4H3,(H,28,32)(H,29,33)(H,31,34)(H,35,36)(H4,26,27,30). The molecule has 37 heavy (non-hydrogen) atoms. The van der Waals surface area contributed by atoms with Crippen molar-refractivity contribution in [2.24, 2.45) is 16.5 Å². The van der Waals surface area contributed by atoms with Crippen molar-refractivity contribution >= 4 is 35.3 Å². The van der Waals surface area contributed by atoms with Gasteiger partial charge in [-0.05, 0) is 69.2 Å². The van der Waals surface area contributed by atoms with Gasteiger partial charge in [0, 0.05) is 17.7 Å². The summed E-state index contributed by atoms with van der Waals surface area (Å²) in [6.45, 7) is 6.41. The molecule has 1 atom stereocenters. The number of aryl methyl sites for hydroxylation is 2.